The molecule has 3 aromatic rings. The molecule has 0 radical (unpaired) electrons. The number of thiazole rings is 1. The van der Waals surface area contributed by atoms with Crippen molar-refractivity contribution in [2.45, 2.75) is 19.8 Å². The SMILES string of the molecule is COC(=O)C1=C(C)N=C(C)C(C(=O)OC)C1c1cccc(Nc2nc(-c3ccc([N+](=O)[O-])cc3)cs2)c1. The Balaban J connectivity index is 1.65. The molecule has 0 saturated carbocycles. The van der Waals surface area contributed by atoms with Crippen LogP contribution in [0.1, 0.15) is 25.3 Å². The molecular weight excluding hydrogens is 496 g/mol. The summed E-state index contributed by atoms with van der Waals surface area (Å²) >= 11 is 1.38. The first-order valence-electron chi connectivity index (χ1n) is 11.2. The molecule has 190 valence electrons. The van der Waals surface area contributed by atoms with Gasteiger partial charge in [-0.15, -0.1) is 11.3 Å². The van der Waals surface area contributed by atoms with Crippen molar-refractivity contribution in [2.75, 3.05) is 19.5 Å². The first-order valence-corrected chi connectivity index (χ1v) is 12.1. The molecule has 37 heavy (non-hydrogen) atoms. The van der Waals surface area contributed by atoms with E-state index in [0.717, 1.165) is 5.56 Å². The predicted molar refractivity (Wildman–Crippen MR) is 140 cm³/mol. The fraction of sp³-hybridized carbons (Fsp3) is 0.231. The highest BCUT2D eigenvalue weighted by Gasteiger charge is 2.42. The van der Waals surface area contributed by atoms with Gasteiger partial charge in [-0.1, -0.05) is 12.1 Å². The van der Waals surface area contributed by atoms with Crippen LogP contribution in [-0.4, -0.2) is 41.8 Å². The summed E-state index contributed by atoms with van der Waals surface area (Å²) in [7, 11) is 2.60. The summed E-state index contributed by atoms with van der Waals surface area (Å²) < 4.78 is 10.1. The molecule has 0 amide bonds. The lowest BCUT2D eigenvalue weighted by Crippen LogP contribution is -2.36. The Hall–Kier alpha value is -4.38. The summed E-state index contributed by atoms with van der Waals surface area (Å²) in [6, 6.07) is 13.5. The Morgan fingerprint density at radius 2 is 1.81 bits per heavy atom. The Labute approximate surface area is 216 Å². The van der Waals surface area contributed by atoms with Crippen LogP contribution in [0.5, 0.6) is 0 Å². The number of carbonyl (C=O) groups excluding carboxylic acids is 2. The maximum Gasteiger partial charge on any atom is 0.336 e. The summed E-state index contributed by atoms with van der Waals surface area (Å²) in [6.07, 6.45) is 0. The average molecular weight is 521 g/mol. The number of nitrogens with one attached hydrogen (secondary N) is 1. The lowest BCUT2D eigenvalue weighted by molar-refractivity contribution is -0.384. The van der Waals surface area contributed by atoms with E-state index >= 15 is 0 Å². The number of nitro groups is 1. The molecule has 2 atom stereocenters. The number of aromatic nitrogens is 1. The molecule has 2 unspecified atom stereocenters. The molecular formula is C26H24N4O6S. The van der Waals surface area contributed by atoms with Crippen LogP contribution in [0.25, 0.3) is 11.3 Å². The van der Waals surface area contributed by atoms with Crippen molar-refractivity contribution >= 4 is 45.5 Å². The zero-order valence-electron chi connectivity index (χ0n) is 20.6. The number of nitro benzene ring substituents is 1. The van der Waals surface area contributed by atoms with E-state index in [1.54, 1.807) is 26.0 Å². The number of nitrogens with zero attached hydrogens (tertiary/aromatic N) is 3. The first-order chi connectivity index (χ1) is 17.7. The minimum absolute atomic E-state index is 0.0120. The van der Waals surface area contributed by atoms with Crippen LogP contribution in [0.3, 0.4) is 0 Å². The number of rotatable bonds is 7. The molecule has 0 fully saturated rings. The van der Waals surface area contributed by atoms with Crippen LogP contribution in [0.4, 0.5) is 16.5 Å². The van der Waals surface area contributed by atoms with Gasteiger partial charge >= 0.3 is 11.9 Å². The third-order valence-electron chi connectivity index (χ3n) is 6.06. The van der Waals surface area contributed by atoms with Crippen molar-refractivity contribution < 1.29 is 24.0 Å². The molecule has 0 saturated heterocycles. The number of aliphatic imine (C=N–C) groups is 1. The number of hydrogen-bond acceptors (Lipinski definition) is 10. The van der Waals surface area contributed by atoms with Gasteiger partial charge in [-0.3, -0.25) is 19.9 Å². The van der Waals surface area contributed by atoms with Crippen molar-refractivity contribution in [1.29, 1.82) is 0 Å². The summed E-state index contributed by atoms with van der Waals surface area (Å²) in [6.45, 7) is 3.46. The Kier molecular flexibility index (Phi) is 7.44. The van der Waals surface area contributed by atoms with E-state index in [4.69, 9.17) is 9.47 Å². The van der Waals surface area contributed by atoms with E-state index < -0.39 is 28.7 Å². The van der Waals surface area contributed by atoms with Gasteiger partial charge in [-0.25, -0.2) is 9.78 Å². The summed E-state index contributed by atoms with van der Waals surface area (Å²) in [5, 5.41) is 16.6. The standard InChI is InChI=1S/C26H24N4O6S/c1-14-21(24(31)35-3)23(22(15(2)27-14)25(32)36-4)17-6-5-7-18(12-17)28-26-29-20(13-37-26)16-8-10-19(11-9-16)30(33)34/h5-13,21,23H,1-4H3,(H,28,29). The number of benzene rings is 2. The summed E-state index contributed by atoms with van der Waals surface area (Å²) in [5.74, 6) is -2.48. The fourth-order valence-electron chi connectivity index (χ4n) is 4.36. The van der Waals surface area contributed by atoms with Crippen LogP contribution in [0, 0.1) is 16.0 Å². The molecule has 2 heterocycles. The molecule has 0 bridgehead atoms. The van der Waals surface area contributed by atoms with Crippen LogP contribution in [0.15, 0.2) is 70.2 Å². The summed E-state index contributed by atoms with van der Waals surface area (Å²) in [4.78, 5) is 45.0. The van der Waals surface area contributed by atoms with Crippen LogP contribution in [0.2, 0.25) is 0 Å². The van der Waals surface area contributed by atoms with Gasteiger partial charge in [0.2, 0.25) is 0 Å². The van der Waals surface area contributed by atoms with Crippen molar-refractivity contribution in [1.82, 2.24) is 4.98 Å². The second-order valence-electron chi connectivity index (χ2n) is 8.31. The van der Waals surface area contributed by atoms with Gasteiger partial charge in [0.15, 0.2) is 5.13 Å². The van der Waals surface area contributed by atoms with Gasteiger partial charge in [0.1, 0.15) is 5.92 Å². The minimum Gasteiger partial charge on any atom is -0.468 e. The molecule has 1 aromatic heterocycles. The molecule has 11 heteroatoms. The number of esters is 2. The molecule has 1 N–H and O–H groups in total. The molecule has 4 rings (SSSR count). The van der Waals surface area contributed by atoms with E-state index in [1.165, 1.54) is 37.7 Å². The van der Waals surface area contributed by atoms with Crippen LogP contribution in [-0.2, 0) is 19.1 Å². The molecule has 0 aliphatic carbocycles. The van der Waals surface area contributed by atoms with E-state index in [-0.39, 0.29) is 5.69 Å². The number of ether oxygens (including phenoxy) is 2. The number of allylic oxidation sites excluding steroid dienone is 1. The van der Waals surface area contributed by atoms with E-state index in [9.17, 15) is 19.7 Å². The lowest BCUT2D eigenvalue weighted by Gasteiger charge is -2.31. The van der Waals surface area contributed by atoms with Crippen LogP contribution < -0.4 is 5.32 Å². The van der Waals surface area contributed by atoms with Crippen molar-refractivity contribution in [2.24, 2.45) is 10.9 Å². The number of methoxy groups -OCH3 is 2. The second-order valence-corrected chi connectivity index (χ2v) is 9.17. The average Bonchev–Trinajstić information content (AvgIpc) is 3.36. The van der Waals surface area contributed by atoms with E-state index in [2.05, 4.69) is 15.3 Å². The number of anilines is 2. The summed E-state index contributed by atoms with van der Waals surface area (Å²) in [5.41, 5.74) is 4.19. The number of hydrogen-bond donors (Lipinski definition) is 1. The third-order valence-corrected chi connectivity index (χ3v) is 6.82. The predicted octanol–water partition coefficient (Wildman–Crippen LogP) is 5.26. The topological polar surface area (TPSA) is 133 Å². The van der Waals surface area contributed by atoms with Gasteiger partial charge in [0.25, 0.3) is 5.69 Å². The maximum atomic E-state index is 12.8. The van der Waals surface area contributed by atoms with Gasteiger partial charge in [0, 0.05) is 46.1 Å². The zero-order valence-corrected chi connectivity index (χ0v) is 21.4. The quantitative estimate of drug-likeness (QED) is 0.253. The number of carbonyl (C=O) groups is 2. The molecule has 2 aromatic carbocycles. The Morgan fingerprint density at radius 3 is 2.46 bits per heavy atom. The monoisotopic (exact) mass is 520 g/mol. The van der Waals surface area contributed by atoms with Crippen LogP contribution >= 0.6 is 11.3 Å². The van der Waals surface area contributed by atoms with Gasteiger partial charge in [0.05, 0.1) is 30.4 Å². The number of non-ortho nitro benzene ring substituents is 1. The van der Waals surface area contributed by atoms with Crippen molar-refractivity contribution in [3.8, 4) is 11.3 Å². The molecule has 1 aliphatic rings. The fourth-order valence-corrected chi connectivity index (χ4v) is 5.10. The third kappa shape index (κ3) is 5.26. The van der Waals surface area contributed by atoms with E-state index in [1.807, 2.05) is 29.6 Å². The van der Waals surface area contributed by atoms with E-state index in [0.29, 0.717) is 39.1 Å². The first kappa shape index (κ1) is 25.7. The minimum atomic E-state index is -0.786. The highest BCUT2D eigenvalue weighted by atomic mass is 32.1. The Morgan fingerprint density at radius 1 is 1.08 bits per heavy atom. The molecule has 1 aliphatic heterocycles. The highest BCUT2D eigenvalue weighted by Crippen LogP contribution is 2.41. The largest absolute Gasteiger partial charge is 0.468 e. The highest BCUT2D eigenvalue weighted by molar-refractivity contribution is 7.14. The van der Waals surface area contributed by atoms with Gasteiger partial charge in [-0.2, -0.15) is 0 Å². The normalized spacial score (nSPS) is 17.1. The molecule has 0 spiro atoms. The Bertz CT molecular complexity index is 1430. The van der Waals surface area contributed by atoms with Gasteiger partial charge in [-0.05, 0) is 43.7 Å². The van der Waals surface area contributed by atoms with Crippen molar-refractivity contribution in [3.63, 3.8) is 0 Å². The lowest BCUT2D eigenvalue weighted by atomic mass is 9.75. The second kappa shape index (κ2) is 10.7. The van der Waals surface area contributed by atoms with Crippen molar-refractivity contribution in [3.05, 3.63) is 80.9 Å². The smallest absolute Gasteiger partial charge is 0.336 e. The zero-order chi connectivity index (χ0) is 26.7. The maximum absolute atomic E-state index is 12.8. The molecule has 10 nitrogen and oxygen atoms in total. The van der Waals surface area contributed by atoms with Gasteiger partial charge < -0.3 is 14.8 Å².